The summed E-state index contributed by atoms with van der Waals surface area (Å²) in [5.41, 5.74) is -1.40. The van der Waals surface area contributed by atoms with E-state index in [-0.39, 0.29) is 31.1 Å². The predicted molar refractivity (Wildman–Crippen MR) is 122 cm³/mol. The van der Waals surface area contributed by atoms with Crippen LogP contribution in [0.15, 0.2) is 18.3 Å². The molecule has 0 saturated heterocycles. The fraction of sp³-hybridized carbons (Fsp3) is 0.545. The Kier molecular flexibility index (Phi) is 11.3. The van der Waals surface area contributed by atoms with Crippen molar-refractivity contribution in [2.75, 3.05) is 6.54 Å². The maximum Gasteiger partial charge on any atom is 0.408 e. The van der Waals surface area contributed by atoms with Crippen molar-refractivity contribution in [3.63, 3.8) is 0 Å². The SMILES string of the molecule is C.CC(C)(C)OC(=O)N[C@@H](CCNC(=O)/C=C/c1ccnc(Cl)c1F)C(=O)OC(C)(C)C. The van der Waals surface area contributed by atoms with Gasteiger partial charge in [0.25, 0.3) is 0 Å². The lowest BCUT2D eigenvalue weighted by Gasteiger charge is -2.26. The van der Waals surface area contributed by atoms with Crippen LogP contribution in [0.4, 0.5) is 9.18 Å². The number of carbonyl (C=O) groups excluding carboxylic acids is 3. The molecule has 0 unspecified atom stereocenters. The van der Waals surface area contributed by atoms with Gasteiger partial charge in [0, 0.05) is 24.4 Å². The molecule has 1 rings (SSSR count). The molecule has 1 aromatic rings. The van der Waals surface area contributed by atoms with Crippen LogP contribution in [0.5, 0.6) is 0 Å². The molecule has 32 heavy (non-hydrogen) atoms. The Balaban J connectivity index is 0.00000961. The van der Waals surface area contributed by atoms with E-state index in [1.165, 1.54) is 18.3 Å². The average molecular weight is 474 g/mol. The van der Waals surface area contributed by atoms with Gasteiger partial charge in [0.15, 0.2) is 11.0 Å². The summed E-state index contributed by atoms with van der Waals surface area (Å²) >= 11 is 5.60. The third-order valence-corrected chi connectivity index (χ3v) is 3.67. The number of ether oxygens (including phenoxy) is 2. The summed E-state index contributed by atoms with van der Waals surface area (Å²) in [4.78, 5) is 40.1. The summed E-state index contributed by atoms with van der Waals surface area (Å²) < 4.78 is 24.3. The number of amides is 2. The van der Waals surface area contributed by atoms with Gasteiger partial charge in [0.1, 0.15) is 17.2 Å². The first-order valence-electron chi connectivity index (χ1n) is 9.66. The number of esters is 1. The second-order valence-corrected chi connectivity index (χ2v) is 9.01. The molecule has 0 radical (unpaired) electrons. The van der Waals surface area contributed by atoms with Crippen molar-refractivity contribution >= 4 is 35.6 Å². The number of rotatable bonds is 7. The fourth-order valence-corrected chi connectivity index (χ4v) is 2.36. The van der Waals surface area contributed by atoms with Gasteiger partial charge < -0.3 is 20.1 Å². The molecule has 0 bridgehead atoms. The van der Waals surface area contributed by atoms with E-state index < -0.39 is 41.0 Å². The number of carbonyl (C=O) groups is 3. The number of halogens is 2. The summed E-state index contributed by atoms with van der Waals surface area (Å²) in [5, 5.41) is 4.73. The van der Waals surface area contributed by atoms with Crippen molar-refractivity contribution in [2.45, 2.75) is 72.6 Å². The van der Waals surface area contributed by atoms with Crippen molar-refractivity contribution < 1.29 is 28.2 Å². The Morgan fingerprint density at radius 3 is 2.31 bits per heavy atom. The van der Waals surface area contributed by atoms with Crippen LogP contribution in [0.1, 0.15) is 61.0 Å². The van der Waals surface area contributed by atoms with Crippen LogP contribution in [0.3, 0.4) is 0 Å². The number of nitrogens with zero attached hydrogens (tertiary/aromatic N) is 1. The summed E-state index contributed by atoms with van der Waals surface area (Å²) in [5.74, 6) is -1.91. The number of hydrogen-bond donors (Lipinski definition) is 2. The molecule has 0 spiro atoms. The van der Waals surface area contributed by atoms with E-state index >= 15 is 0 Å². The number of nitrogens with one attached hydrogen (secondary N) is 2. The quantitative estimate of drug-likeness (QED) is 0.348. The van der Waals surface area contributed by atoms with E-state index in [4.69, 9.17) is 21.1 Å². The van der Waals surface area contributed by atoms with Crippen LogP contribution in [-0.2, 0) is 19.1 Å². The van der Waals surface area contributed by atoms with Gasteiger partial charge >= 0.3 is 12.1 Å². The molecular weight excluding hydrogens is 441 g/mol. The topological polar surface area (TPSA) is 107 Å². The van der Waals surface area contributed by atoms with Crippen molar-refractivity contribution in [3.8, 4) is 0 Å². The van der Waals surface area contributed by atoms with Gasteiger partial charge in [-0.2, -0.15) is 0 Å². The van der Waals surface area contributed by atoms with Gasteiger partial charge in [0.05, 0.1) is 0 Å². The van der Waals surface area contributed by atoms with Gasteiger partial charge in [-0.15, -0.1) is 0 Å². The van der Waals surface area contributed by atoms with Crippen molar-refractivity contribution in [3.05, 3.63) is 34.9 Å². The summed E-state index contributed by atoms with van der Waals surface area (Å²) in [6.07, 6.45) is 2.97. The van der Waals surface area contributed by atoms with Crippen LogP contribution < -0.4 is 10.6 Å². The Labute approximate surface area is 193 Å². The zero-order valence-corrected chi connectivity index (χ0v) is 19.3. The Bertz CT molecular complexity index is 832. The van der Waals surface area contributed by atoms with Gasteiger partial charge in [-0.25, -0.2) is 19.0 Å². The summed E-state index contributed by atoms with van der Waals surface area (Å²) in [7, 11) is 0. The van der Waals surface area contributed by atoms with Crippen LogP contribution in [-0.4, -0.2) is 46.7 Å². The maximum absolute atomic E-state index is 13.8. The highest BCUT2D eigenvalue weighted by molar-refractivity contribution is 6.29. The van der Waals surface area contributed by atoms with Crippen LogP contribution in [0, 0.1) is 5.82 Å². The molecule has 10 heteroatoms. The van der Waals surface area contributed by atoms with E-state index in [2.05, 4.69) is 15.6 Å². The minimum atomic E-state index is -1.03. The standard InChI is InChI=1S/C21H29ClFN3O5.CH4/c1-20(2,3)30-18(28)14(26-19(29)31-21(4,5)6)10-12-24-15(27)8-7-13-9-11-25-17(22)16(13)23;/h7-9,11,14H,10,12H2,1-6H3,(H,24,27)(H,26,29);1H4/b8-7+;/t14-;/m0./s1. The molecule has 0 saturated carbocycles. The normalized spacial score (nSPS) is 12.5. The second-order valence-electron chi connectivity index (χ2n) is 8.65. The molecule has 0 fully saturated rings. The van der Waals surface area contributed by atoms with Gasteiger partial charge in [0.2, 0.25) is 5.91 Å². The number of hydrogen-bond acceptors (Lipinski definition) is 6. The van der Waals surface area contributed by atoms with Crippen LogP contribution >= 0.6 is 11.6 Å². The third-order valence-electron chi connectivity index (χ3n) is 3.41. The lowest BCUT2D eigenvalue weighted by atomic mass is 10.1. The lowest BCUT2D eigenvalue weighted by Crippen LogP contribution is -2.47. The first-order chi connectivity index (χ1) is 14.2. The monoisotopic (exact) mass is 473 g/mol. The van der Waals surface area contributed by atoms with E-state index in [0.29, 0.717) is 0 Å². The zero-order chi connectivity index (χ0) is 23.8. The lowest BCUT2D eigenvalue weighted by molar-refractivity contribution is -0.157. The van der Waals surface area contributed by atoms with E-state index in [1.54, 1.807) is 41.5 Å². The first-order valence-corrected chi connectivity index (χ1v) is 10.0. The molecule has 0 aliphatic rings. The number of alkyl carbamates (subject to hydrolysis) is 1. The third kappa shape index (κ3) is 11.6. The fourth-order valence-electron chi connectivity index (χ4n) is 2.20. The average Bonchev–Trinajstić information content (AvgIpc) is 2.59. The number of aromatic nitrogens is 1. The summed E-state index contributed by atoms with van der Waals surface area (Å²) in [6, 6.07) is 0.337. The van der Waals surface area contributed by atoms with Crippen LogP contribution in [0.25, 0.3) is 6.08 Å². The van der Waals surface area contributed by atoms with E-state index in [9.17, 15) is 18.8 Å². The molecule has 1 aromatic heterocycles. The largest absolute Gasteiger partial charge is 0.458 e. The predicted octanol–water partition coefficient (Wildman–Crippen LogP) is 4.26. The molecule has 0 aliphatic heterocycles. The molecule has 0 aromatic carbocycles. The Morgan fingerprint density at radius 1 is 1.16 bits per heavy atom. The van der Waals surface area contributed by atoms with Crippen molar-refractivity contribution in [2.24, 2.45) is 0 Å². The van der Waals surface area contributed by atoms with E-state index in [1.807, 2.05) is 0 Å². The highest BCUT2D eigenvalue weighted by Crippen LogP contribution is 2.16. The van der Waals surface area contributed by atoms with Gasteiger partial charge in [-0.05, 0) is 60.1 Å². The minimum absolute atomic E-state index is 0. The Hall–Kier alpha value is -2.68. The highest BCUT2D eigenvalue weighted by atomic mass is 35.5. The molecular formula is C22H33ClFN3O5. The maximum atomic E-state index is 13.8. The highest BCUT2D eigenvalue weighted by Gasteiger charge is 2.28. The number of pyridine rings is 1. The zero-order valence-electron chi connectivity index (χ0n) is 18.5. The minimum Gasteiger partial charge on any atom is -0.458 e. The van der Waals surface area contributed by atoms with E-state index in [0.717, 1.165) is 6.08 Å². The van der Waals surface area contributed by atoms with Crippen molar-refractivity contribution in [1.29, 1.82) is 0 Å². The molecule has 2 N–H and O–H groups in total. The van der Waals surface area contributed by atoms with Crippen LogP contribution in [0.2, 0.25) is 5.15 Å². The van der Waals surface area contributed by atoms with Crippen molar-refractivity contribution in [1.82, 2.24) is 15.6 Å². The smallest absolute Gasteiger partial charge is 0.408 e. The Morgan fingerprint density at radius 2 is 1.75 bits per heavy atom. The van der Waals surface area contributed by atoms with Gasteiger partial charge in [-0.3, -0.25) is 4.79 Å². The summed E-state index contributed by atoms with van der Waals surface area (Å²) in [6.45, 7) is 10.2. The molecule has 8 nitrogen and oxygen atoms in total. The molecule has 1 heterocycles. The second kappa shape index (κ2) is 12.4. The van der Waals surface area contributed by atoms with Gasteiger partial charge in [-0.1, -0.05) is 19.0 Å². The molecule has 0 aliphatic carbocycles. The molecule has 180 valence electrons. The molecule has 1 atom stereocenters. The molecule has 2 amide bonds. The first kappa shape index (κ1) is 29.3.